The number of hydrogen-bond acceptors (Lipinski definition) is 6. The molecule has 0 aliphatic heterocycles. The minimum atomic E-state index is -0.156. The lowest BCUT2D eigenvalue weighted by Gasteiger charge is -2.01. The summed E-state index contributed by atoms with van der Waals surface area (Å²) in [6.07, 6.45) is 1.49. The van der Waals surface area contributed by atoms with E-state index in [9.17, 15) is 4.79 Å². The van der Waals surface area contributed by atoms with Crippen molar-refractivity contribution in [1.29, 1.82) is 0 Å². The van der Waals surface area contributed by atoms with Gasteiger partial charge in [0.15, 0.2) is 10.2 Å². The Morgan fingerprint density at radius 2 is 2.00 bits per heavy atom. The van der Waals surface area contributed by atoms with Gasteiger partial charge in [0.2, 0.25) is 5.91 Å². The van der Waals surface area contributed by atoms with Crippen LogP contribution < -0.4 is 5.43 Å². The fraction of sp³-hybridized carbons (Fsp3) is 0.0952. The van der Waals surface area contributed by atoms with Crippen molar-refractivity contribution in [2.75, 3.05) is 5.75 Å². The Hall–Kier alpha value is -2.49. The highest BCUT2D eigenvalue weighted by atomic mass is 79.9. The third-order valence-electron chi connectivity index (χ3n) is 3.96. The first-order valence-electron chi connectivity index (χ1n) is 9.02. The molecule has 0 bridgehead atoms. The summed E-state index contributed by atoms with van der Waals surface area (Å²) >= 11 is 6.34. The number of hydrogen-bond donors (Lipinski definition) is 2. The minimum absolute atomic E-state index is 0.156. The Morgan fingerprint density at radius 3 is 2.83 bits per heavy atom. The number of aromatic nitrogens is 2. The molecule has 4 rings (SSSR count). The quantitative estimate of drug-likeness (QED) is 0.248. The number of halogens is 1. The van der Waals surface area contributed by atoms with Crippen molar-refractivity contribution in [1.82, 2.24) is 15.4 Å². The molecule has 2 aromatic carbocycles. The molecule has 30 heavy (non-hydrogen) atoms. The van der Waals surface area contributed by atoms with E-state index in [1.165, 1.54) is 35.3 Å². The number of nitrogens with one attached hydrogen (secondary N) is 2. The Kier molecular flexibility index (Phi) is 6.93. The fourth-order valence-corrected chi connectivity index (χ4v) is 4.39. The van der Waals surface area contributed by atoms with E-state index in [-0.39, 0.29) is 5.91 Å². The van der Waals surface area contributed by atoms with Crippen LogP contribution in [0.4, 0.5) is 0 Å². The van der Waals surface area contributed by atoms with Crippen LogP contribution in [0, 0.1) is 0 Å². The molecular weight excluding hydrogens is 484 g/mol. The molecule has 152 valence electrons. The van der Waals surface area contributed by atoms with E-state index in [0.29, 0.717) is 16.6 Å². The summed E-state index contributed by atoms with van der Waals surface area (Å²) in [6, 6.07) is 19.5. The van der Waals surface area contributed by atoms with E-state index in [1.807, 2.05) is 54.6 Å². The second kappa shape index (κ2) is 10.0. The van der Waals surface area contributed by atoms with E-state index < -0.39 is 0 Å². The lowest BCUT2D eigenvalue weighted by molar-refractivity contribution is -0.118. The summed E-state index contributed by atoms with van der Waals surface area (Å²) < 4.78 is 6.75. The number of carbonyl (C=O) groups excluding carboxylic acids is 1. The van der Waals surface area contributed by atoms with Crippen LogP contribution in [0.25, 0.3) is 11.0 Å². The molecule has 2 heterocycles. The molecule has 0 aliphatic carbocycles. The zero-order valence-electron chi connectivity index (χ0n) is 15.7. The van der Waals surface area contributed by atoms with Gasteiger partial charge >= 0.3 is 0 Å². The number of H-pyrrole nitrogens is 1. The highest BCUT2D eigenvalue weighted by Gasteiger charge is 2.08. The van der Waals surface area contributed by atoms with Crippen LogP contribution in [0.2, 0.25) is 0 Å². The minimum Gasteiger partial charge on any atom is -0.448 e. The monoisotopic (exact) mass is 500 g/mol. The van der Waals surface area contributed by atoms with Crippen LogP contribution in [-0.2, 0) is 10.5 Å². The summed E-state index contributed by atoms with van der Waals surface area (Å²) in [5.41, 5.74) is 5.58. The van der Waals surface area contributed by atoms with Crippen molar-refractivity contribution >= 4 is 62.6 Å². The highest BCUT2D eigenvalue weighted by Crippen LogP contribution is 2.28. The molecule has 0 radical (unpaired) electrons. The van der Waals surface area contributed by atoms with Gasteiger partial charge in [0.05, 0.1) is 23.0 Å². The highest BCUT2D eigenvalue weighted by molar-refractivity contribution is 9.10. The molecule has 0 unspecified atom stereocenters. The van der Waals surface area contributed by atoms with Crippen molar-refractivity contribution in [3.8, 4) is 0 Å². The Labute approximate surface area is 190 Å². The molecular formula is C21H17BrN4O2S2. The van der Waals surface area contributed by atoms with E-state index >= 15 is 0 Å². The van der Waals surface area contributed by atoms with Crippen molar-refractivity contribution in [3.05, 3.63) is 76.5 Å². The van der Waals surface area contributed by atoms with Crippen LogP contribution in [0.3, 0.4) is 0 Å². The number of para-hydroxylation sites is 2. The average Bonchev–Trinajstić information content (AvgIpc) is 3.36. The smallest absolute Gasteiger partial charge is 0.250 e. The number of nitrogens with zero attached hydrogens (tertiary/aromatic N) is 2. The molecule has 0 saturated heterocycles. The van der Waals surface area contributed by atoms with Crippen LogP contribution in [-0.4, -0.2) is 27.8 Å². The van der Waals surface area contributed by atoms with Gasteiger partial charge in [0.25, 0.3) is 0 Å². The van der Waals surface area contributed by atoms with Gasteiger partial charge in [-0.3, -0.25) is 4.79 Å². The van der Waals surface area contributed by atoms with Gasteiger partial charge in [0.1, 0.15) is 5.76 Å². The third-order valence-corrected chi connectivity index (χ3v) is 6.30. The predicted molar refractivity (Wildman–Crippen MR) is 125 cm³/mol. The maximum atomic E-state index is 11.9. The maximum Gasteiger partial charge on any atom is 0.250 e. The number of benzene rings is 2. The van der Waals surface area contributed by atoms with E-state index in [1.54, 1.807) is 6.07 Å². The summed E-state index contributed by atoms with van der Waals surface area (Å²) in [7, 11) is 0. The number of carbonyl (C=O) groups is 1. The SMILES string of the molecule is O=C(CSCc1ccc(Br)cc1)N/N=C/c1ccc(Sc2nc3ccccc3[nH]2)o1. The van der Waals surface area contributed by atoms with Crippen LogP contribution in [0.5, 0.6) is 0 Å². The first kappa shape index (κ1) is 20.8. The maximum absolute atomic E-state index is 11.9. The van der Waals surface area contributed by atoms with Crippen molar-refractivity contribution in [2.24, 2.45) is 5.10 Å². The molecule has 0 aliphatic rings. The molecule has 9 heteroatoms. The van der Waals surface area contributed by atoms with Gasteiger partial charge < -0.3 is 9.40 Å². The molecule has 2 aromatic heterocycles. The molecule has 0 spiro atoms. The van der Waals surface area contributed by atoms with Crippen LogP contribution >= 0.6 is 39.5 Å². The third kappa shape index (κ3) is 5.78. The summed E-state index contributed by atoms with van der Waals surface area (Å²) in [6.45, 7) is 0. The Bertz CT molecular complexity index is 1140. The Morgan fingerprint density at radius 1 is 1.17 bits per heavy atom. The lowest BCUT2D eigenvalue weighted by atomic mass is 10.2. The summed E-state index contributed by atoms with van der Waals surface area (Å²) in [4.78, 5) is 19.7. The number of imidazole rings is 1. The van der Waals surface area contributed by atoms with Gasteiger partial charge in [-0.2, -0.15) is 5.10 Å². The molecule has 6 nitrogen and oxygen atoms in total. The van der Waals surface area contributed by atoms with Gasteiger partial charge in [-0.05, 0) is 53.7 Å². The summed E-state index contributed by atoms with van der Waals surface area (Å²) in [5, 5.41) is 5.41. The van der Waals surface area contributed by atoms with Gasteiger partial charge in [0, 0.05) is 10.2 Å². The number of fused-ring (bicyclic) bond motifs is 1. The molecule has 2 N–H and O–H groups in total. The molecule has 0 atom stereocenters. The number of thioether (sulfide) groups is 1. The molecule has 1 amide bonds. The second-order valence-corrected chi connectivity index (χ2v) is 9.12. The Balaban J connectivity index is 1.23. The number of rotatable bonds is 8. The van der Waals surface area contributed by atoms with E-state index in [4.69, 9.17) is 4.42 Å². The van der Waals surface area contributed by atoms with Gasteiger partial charge in [-0.1, -0.05) is 40.2 Å². The second-order valence-electron chi connectivity index (χ2n) is 6.23. The normalized spacial score (nSPS) is 11.4. The molecule has 4 aromatic rings. The average molecular weight is 501 g/mol. The van der Waals surface area contributed by atoms with Crippen molar-refractivity contribution in [3.63, 3.8) is 0 Å². The van der Waals surface area contributed by atoms with E-state index in [2.05, 4.69) is 36.4 Å². The predicted octanol–water partition coefficient (Wildman–Crippen LogP) is 5.45. The zero-order valence-corrected chi connectivity index (χ0v) is 18.9. The van der Waals surface area contributed by atoms with E-state index in [0.717, 1.165) is 26.4 Å². The fourth-order valence-electron chi connectivity index (χ4n) is 2.57. The van der Waals surface area contributed by atoms with Crippen molar-refractivity contribution < 1.29 is 9.21 Å². The summed E-state index contributed by atoms with van der Waals surface area (Å²) in [5.74, 6) is 1.50. The standard InChI is InChI=1S/C21H17BrN4O2S2/c22-15-7-5-14(6-8-15)12-29-13-19(27)26-23-11-16-9-10-20(28-16)30-21-24-17-3-1-2-4-18(17)25-21/h1-11H,12-13H2,(H,24,25)(H,26,27)/b23-11+. The first-order valence-corrected chi connectivity index (χ1v) is 11.8. The number of aromatic amines is 1. The van der Waals surface area contributed by atoms with Gasteiger partial charge in [-0.15, -0.1) is 11.8 Å². The largest absolute Gasteiger partial charge is 0.448 e. The number of furan rings is 1. The lowest BCUT2D eigenvalue weighted by Crippen LogP contribution is -2.19. The molecule has 0 saturated carbocycles. The number of amides is 1. The van der Waals surface area contributed by atoms with Crippen molar-refractivity contribution in [2.45, 2.75) is 16.0 Å². The topological polar surface area (TPSA) is 83.3 Å². The first-order chi connectivity index (χ1) is 14.7. The van der Waals surface area contributed by atoms with Crippen LogP contribution in [0.1, 0.15) is 11.3 Å². The number of hydrazone groups is 1. The van der Waals surface area contributed by atoms with Crippen LogP contribution in [0.15, 0.2) is 84.9 Å². The molecule has 0 fully saturated rings. The van der Waals surface area contributed by atoms with Gasteiger partial charge in [-0.25, -0.2) is 10.4 Å². The zero-order chi connectivity index (χ0) is 20.8.